The predicted molar refractivity (Wildman–Crippen MR) is 75.1 cm³/mol. The summed E-state index contributed by atoms with van der Waals surface area (Å²) in [6.07, 6.45) is 6.09. The van der Waals surface area contributed by atoms with Gasteiger partial charge >= 0.3 is 0 Å². The first-order chi connectivity index (χ1) is 9.61. The molecule has 0 saturated carbocycles. The number of morpholine rings is 1. The average Bonchev–Trinajstić information content (AvgIpc) is 2.97. The van der Waals surface area contributed by atoms with E-state index >= 15 is 0 Å². The molecule has 1 fully saturated rings. The van der Waals surface area contributed by atoms with Gasteiger partial charge in [0.1, 0.15) is 5.82 Å². The maximum atomic E-state index is 5.86. The van der Waals surface area contributed by atoms with Gasteiger partial charge in [0.15, 0.2) is 0 Å². The highest BCUT2D eigenvalue weighted by molar-refractivity contribution is 5.10. The molecule has 0 radical (unpaired) electrons. The molecule has 3 rings (SSSR count). The highest BCUT2D eigenvalue weighted by atomic mass is 16.5. The van der Waals surface area contributed by atoms with Crippen LogP contribution in [0.1, 0.15) is 23.2 Å². The summed E-state index contributed by atoms with van der Waals surface area (Å²) < 4.78 is 9.78. The van der Waals surface area contributed by atoms with Crippen molar-refractivity contribution >= 4 is 0 Å². The Balaban J connectivity index is 1.67. The molecule has 6 heteroatoms. The number of rotatable bonds is 3. The van der Waals surface area contributed by atoms with Gasteiger partial charge in [0.2, 0.25) is 0 Å². The van der Waals surface area contributed by atoms with Crippen LogP contribution >= 0.6 is 0 Å². The van der Waals surface area contributed by atoms with Crippen molar-refractivity contribution in [3.05, 3.63) is 35.7 Å². The molecule has 20 heavy (non-hydrogen) atoms. The molecule has 108 valence electrons. The van der Waals surface area contributed by atoms with Crippen LogP contribution in [0, 0.1) is 6.92 Å². The van der Waals surface area contributed by atoms with E-state index in [1.54, 1.807) is 0 Å². The van der Waals surface area contributed by atoms with Crippen molar-refractivity contribution < 1.29 is 4.74 Å². The van der Waals surface area contributed by atoms with Gasteiger partial charge in [-0.3, -0.25) is 9.58 Å². The molecule has 1 saturated heterocycles. The lowest BCUT2D eigenvalue weighted by Gasteiger charge is -2.32. The highest BCUT2D eigenvalue weighted by Gasteiger charge is 2.23. The second kappa shape index (κ2) is 5.38. The summed E-state index contributed by atoms with van der Waals surface area (Å²) in [5.74, 6) is 1.11. The van der Waals surface area contributed by atoms with E-state index in [2.05, 4.69) is 25.7 Å². The second-order valence-electron chi connectivity index (χ2n) is 5.45. The molecule has 6 nitrogen and oxygen atoms in total. The number of ether oxygens (including phenoxy) is 1. The second-order valence-corrected chi connectivity index (χ2v) is 5.45. The first kappa shape index (κ1) is 13.3. The fourth-order valence-corrected chi connectivity index (χ4v) is 2.67. The summed E-state index contributed by atoms with van der Waals surface area (Å²) in [6, 6.07) is 0. The number of nitrogens with zero attached hydrogens (tertiary/aromatic N) is 5. The van der Waals surface area contributed by atoms with Crippen molar-refractivity contribution in [2.45, 2.75) is 19.6 Å². The Labute approximate surface area is 119 Å². The minimum absolute atomic E-state index is 0.110. The monoisotopic (exact) mass is 275 g/mol. The van der Waals surface area contributed by atoms with E-state index in [4.69, 9.17) is 4.74 Å². The van der Waals surface area contributed by atoms with E-state index in [1.165, 1.54) is 0 Å². The molecular formula is C14H21N5O. The molecular weight excluding hydrogens is 254 g/mol. The maximum absolute atomic E-state index is 5.86. The van der Waals surface area contributed by atoms with E-state index < -0.39 is 0 Å². The van der Waals surface area contributed by atoms with Crippen LogP contribution in [-0.4, -0.2) is 43.9 Å². The third-order valence-electron chi connectivity index (χ3n) is 3.71. The number of aromatic nitrogens is 4. The third kappa shape index (κ3) is 2.76. The number of aryl methyl sites for hydroxylation is 3. The van der Waals surface area contributed by atoms with Crippen molar-refractivity contribution in [1.82, 2.24) is 24.2 Å². The third-order valence-corrected chi connectivity index (χ3v) is 3.71. The molecule has 2 aromatic rings. The fourth-order valence-electron chi connectivity index (χ4n) is 2.67. The lowest BCUT2D eigenvalue weighted by Crippen LogP contribution is -2.38. The van der Waals surface area contributed by atoms with Gasteiger partial charge in [0.25, 0.3) is 0 Å². The van der Waals surface area contributed by atoms with Crippen LogP contribution in [0.3, 0.4) is 0 Å². The predicted octanol–water partition coefficient (Wildman–Crippen LogP) is 1.04. The molecule has 0 bridgehead atoms. The Morgan fingerprint density at radius 3 is 2.85 bits per heavy atom. The molecule has 3 heterocycles. The average molecular weight is 275 g/mol. The summed E-state index contributed by atoms with van der Waals surface area (Å²) >= 11 is 0. The van der Waals surface area contributed by atoms with Gasteiger partial charge in [-0.2, -0.15) is 5.10 Å². The van der Waals surface area contributed by atoms with Crippen molar-refractivity contribution in [1.29, 1.82) is 0 Å². The number of imidazole rings is 1. The topological polar surface area (TPSA) is 48.1 Å². The molecule has 1 atom stereocenters. The van der Waals surface area contributed by atoms with E-state index in [0.717, 1.165) is 43.3 Å². The molecule has 1 aliphatic heterocycles. The first-order valence-electron chi connectivity index (χ1n) is 6.93. The van der Waals surface area contributed by atoms with E-state index in [9.17, 15) is 0 Å². The highest BCUT2D eigenvalue weighted by Crippen LogP contribution is 2.22. The molecule has 2 aromatic heterocycles. The van der Waals surface area contributed by atoms with E-state index in [-0.39, 0.29) is 6.10 Å². The van der Waals surface area contributed by atoms with Gasteiger partial charge in [-0.25, -0.2) is 4.98 Å². The van der Waals surface area contributed by atoms with Crippen LogP contribution in [0.4, 0.5) is 0 Å². The summed E-state index contributed by atoms with van der Waals surface area (Å²) in [4.78, 5) is 6.96. The fraction of sp³-hybridized carbons (Fsp3) is 0.571. The van der Waals surface area contributed by atoms with Gasteiger partial charge in [-0.05, 0) is 6.92 Å². The van der Waals surface area contributed by atoms with Gasteiger partial charge in [0.05, 0.1) is 31.1 Å². The first-order valence-corrected chi connectivity index (χ1v) is 6.93. The Bertz CT molecular complexity index is 588. The maximum Gasteiger partial charge on any atom is 0.122 e. The van der Waals surface area contributed by atoms with Crippen LogP contribution in [-0.2, 0) is 25.4 Å². The lowest BCUT2D eigenvalue weighted by molar-refractivity contribution is -0.0339. The Hall–Kier alpha value is -1.66. The molecule has 1 aliphatic rings. The Kier molecular flexibility index (Phi) is 3.58. The SMILES string of the molecule is Cc1cn(C)c(CN2CCOC(c3cnn(C)c3)C2)n1. The number of hydrogen-bond acceptors (Lipinski definition) is 4. The smallest absolute Gasteiger partial charge is 0.122 e. The summed E-state index contributed by atoms with van der Waals surface area (Å²) in [7, 11) is 3.98. The summed E-state index contributed by atoms with van der Waals surface area (Å²) in [5.41, 5.74) is 2.22. The summed E-state index contributed by atoms with van der Waals surface area (Å²) in [6.45, 7) is 5.48. The molecule has 1 unspecified atom stereocenters. The summed E-state index contributed by atoms with van der Waals surface area (Å²) in [5, 5.41) is 4.22. The van der Waals surface area contributed by atoms with Crippen molar-refractivity contribution in [2.24, 2.45) is 14.1 Å². The molecule has 0 aromatic carbocycles. The van der Waals surface area contributed by atoms with Crippen molar-refractivity contribution in [3.63, 3.8) is 0 Å². The van der Waals surface area contributed by atoms with Crippen molar-refractivity contribution in [3.8, 4) is 0 Å². The zero-order valence-corrected chi connectivity index (χ0v) is 12.3. The van der Waals surface area contributed by atoms with Gasteiger partial charge in [0, 0.05) is 45.1 Å². The normalized spacial score (nSPS) is 20.4. The minimum atomic E-state index is 0.110. The quantitative estimate of drug-likeness (QED) is 0.839. The standard InChI is InChI=1S/C14H21N5O/c1-11-7-17(2)14(16-11)10-19-4-5-20-13(9-19)12-6-15-18(3)8-12/h6-8,13H,4-5,9-10H2,1-3H3. The Morgan fingerprint density at radius 1 is 1.35 bits per heavy atom. The van der Waals surface area contributed by atoms with E-state index in [0.29, 0.717) is 0 Å². The Morgan fingerprint density at radius 2 is 2.20 bits per heavy atom. The van der Waals surface area contributed by atoms with Crippen LogP contribution in [0.2, 0.25) is 0 Å². The molecule has 0 spiro atoms. The largest absolute Gasteiger partial charge is 0.371 e. The molecule has 0 amide bonds. The van der Waals surface area contributed by atoms with Crippen LogP contribution in [0.15, 0.2) is 18.6 Å². The van der Waals surface area contributed by atoms with Crippen LogP contribution in [0.25, 0.3) is 0 Å². The zero-order valence-electron chi connectivity index (χ0n) is 12.3. The molecule has 0 aliphatic carbocycles. The minimum Gasteiger partial charge on any atom is -0.371 e. The van der Waals surface area contributed by atoms with Gasteiger partial charge < -0.3 is 9.30 Å². The van der Waals surface area contributed by atoms with Gasteiger partial charge in [-0.1, -0.05) is 0 Å². The lowest BCUT2D eigenvalue weighted by atomic mass is 10.1. The van der Waals surface area contributed by atoms with Crippen LogP contribution < -0.4 is 0 Å². The zero-order chi connectivity index (χ0) is 14.1. The van der Waals surface area contributed by atoms with Crippen molar-refractivity contribution in [2.75, 3.05) is 19.7 Å². The van der Waals surface area contributed by atoms with Gasteiger partial charge in [-0.15, -0.1) is 0 Å². The van der Waals surface area contributed by atoms with Crippen LogP contribution in [0.5, 0.6) is 0 Å². The van der Waals surface area contributed by atoms with E-state index in [1.807, 2.05) is 38.1 Å². The molecule has 0 N–H and O–H groups in total. The number of hydrogen-bond donors (Lipinski definition) is 0.